The number of nitrogens with one attached hydrogen (secondary N) is 1. The Labute approximate surface area is 87.9 Å². The fraction of sp³-hybridized carbons (Fsp3) is 0.273. The fourth-order valence-corrected chi connectivity index (χ4v) is 1.47. The molecule has 0 saturated heterocycles. The van der Waals surface area contributed by atoms with Crippen molar-refractivity contribution in [3.8, 4) is 0 Å². The minimum atomic E-state index is -0.908. The molecule has 4 nitrogen and oxygen atoms in total. The van der Waals surface area contributed by atoms with Gasteiger partial charge in [0, 0.05) is 18.3 Å². The van der Waals surface area contributed by atoms with Gasteiger partial charge in [0.05, 0.1) is 5.92 Å². The number of carbonyl (C=O) groups excluding carboxylic acids is 1. The Morgan fingerprint density at radius 2 is 2.20 bits per heavy atom. The van der Waals surface area contributed by atoms with Crippen LogP contribution in [0.5, 0.6) is 0 Å². The molecule has 0 aromatic heterocycles. The Hall–Kier alpha value is -1.84. The number of hydrogen-bond acceptors (Lipinski definition) is 3. The molecule has 0 spiro atoms. The molecule has 0 fully saturated rings. The summed E-state index contributed by atoms with van der Waals surface area (Å²) in [6, 6.07) is 5.04. The van der Waals surface area contributed by atoms with E-state index in [9.17, 15) is 9.59 Å². The highest BCUT2D eigenvalue weighted by Crippen LogP contribution is 2.26. The zero-order valence-corrected chi connectivity index (χ0v) is 8.65. The lowest BCUT2D eigenvalue weighted by molar-refractivity contribution is -0.138. The smallest absolute Gasteiger partial charge is 0.310 e. The number of anilines is 1. The molecule has 15 heavy (non-hydrogen) atoms. The second-order valence-corrected chi connectivity index (χ2v) is 3.24. The Morgan fingerprint density at radius 3 is 2.67 bits per heavy atom. The van der Waals surface area contributed by atoms with Crippen molar-refractivity contribution in [1.82, 2.24) is 0 Å². The molecule has 0 amide bonds. The minimum absolute atomic E-state index is 0.475. The lowest BCUT2D eigenvalue weighted by atomic mass is 9.97. The lowest BCUT2D eigenvalue weighted by Gasteiger charge is -2.14. The van der Waals surface area contributed by atoms with E-state index in [1.165, 1.54) is 0 Å². The van der Waals surface area contributed by atoms with Crippen molar-refractivity contribution in [2.24, 2.45) is 0 Å². The van der Waals surface area contributed by atoms with Gasteiger partial charge in [0.25, 0.3) is 0 Å². The molecule has 1 aromatic rings. The minimum Gasteiger partial charge on any atom is -0.481 e. The first-order valence-electron chi connectivity index (χ1n) is 4.60. The molecular weight excluding hydrogens is 194 g/mol. The van der Waals surface area contributed by atoms with Gasteiger partial charge in [-0.3, -0.25) is 9.59 Å². The van der Waals surface area contributed by atoms with E-state index in [0.29, 0.717) is 23.1 Å². The van der Waals surface area contributed by atoms with Crippen LogP contribution in [0, 0.1) is 0 Å². The first-order chi connectivity index (χ1) is 7.11. The van der Waals surface area contributed by atoms with E-state index in [0.717, 1.165) is 0 Å². The summed E-state index contributed by atoms with van der Waals surface area (Å²) in [4.78, 5) is 21.6. The zero-order valence-electron chi connectivity index (χ0n) is 8.65. The van der Waals surface area contributed by atoms with Gasteiger partial charge in [-0.2, -0.15) is 0 Å². The summed E-state index contributed by atoms with van der Waals surface area (Å²) in [7, 11) is 1.67. The molecule has 1 unspecified atom stereocenters. The number of benzene rings is 1. The third-order valence-electron chi connectivity index (χ3n) is 2.34. The molecule has 2 N–H and O–H groups in total. The predicted octanol–water partition coefficient (Wildman–Crippen LogP) is 1.73. The predicted molar refractivity (Wildman–Crippen MR) is 57.4 cm³/mol. The summed E-state index contributed by atoms with van der Waals surface area (Å²) in [6.45, 7) is 1.59. The van der Waals surface area contributed by atoms with Gasteiger partial charge in [-0.05, 0) is 18.6 Å². The van der Waals surface area contributed by atoms with Crippen molar-refractivity contribution in [3.05, 3.63) is 29.3 Å². The highest BCUT2D eigenvalue weighted by molar-refractivity contribution is 5.88. The van der Waals surface area contributed by atoms with E-state index in [2.05, 4.69) is 5.32 Å². The number of carboxylic acid groups (broad SMARTS) is 1. The van der Waals surface area contributed by atoms with Crippen LogP contribution in [0.15, 0.2) is 18.2 Å². The van der Waals surface area contributed by atoms with Crippen LogP contribution in [-0.2, 0) is 4.79 Å². The molecule has 4 heteroatoms. The summed E-state index contributed by atoms with van der Waals surface area (Å²) in [6.07, 6.45) is 0.712. The van der Waals surface area contributed by atoms with Crippen LogP contribution >= 0.6 is 0 Å². The van der Waals surface area contributed by atoms with E-state index < -0.39 is 11.9 Å². The molecule has 0 saturated carbocycles. The maximum atomic E-state index is 10.9. The molecule has 0 heterocycles. The van der Waals surface area contributed by atoms with Crippen molar-refractivity contribution in [3.63, 3.8) is 0 Å². The zero-order chi connectivity index (χ0) is 11.4. The molecular formula is C11H13NO3. The summed E-state index contributed by atoms with van der Waals surface area (Å²) in [5.74, 6) is -1.54. The summed E-state index contributed by atoms with van der Waals surface area (Å²) in [5.41, 5.74) is 1.68. The maximum Gasteiger partial charge on any atom is 0.310 e. The third kappa shape index (κ3) is 2.15. The van der Waals surface area contributed by atoms with Crippen LogP contribution in [0.3, 0.4) is 0 Å². The highest BCUT2D eigenvalue weighted by Gasteiger charge is 2.18. The lowest BCUT2D eigenvalue weighted by Crippen LogP contribution is -2.11. The van der Waals surface area contributed by atoms with Crippen molar-refractivity contribution in [2.75, 3.05) is 12.4 Å². The van der Waals surface area contributed by atoms with Gasteiger partial charge in [0.2, 0.25) is 0 Å². The molecule has 1 aromatic carbocycles. The Balaban J connectivity index is 3.28. The van der Waals surface area contributed by atoms with E-state index in [4.69, 9.17) is 5.11 Å². The first kappa shape index (κ1) is 11.2. The molecule has 0 aliphatic heterocycles. The number of para-hydroxylation sites is 1. The SMILES string of the molecule is CNc1c(C=O)cccc1C(C)C(=O)O. The van der Waals surface area contributed by atoms with Crippen molar-refractivity contribution < 1.29 is 14.7 Å². The molecule has 1 atom stereocenters. The van der Waals surface area contributed by atoms with Crippen molar-refractivity contribution in [1.29, 1.82) is 0 Å². The molecule has 80 valence electrons. The van der Waals surface area contributed by atoms with Crippen LogP contribution < -0.4 is 5.32 Å². The van der Waals surface area contributed by atoms with Crippen LogP contribution in [-0.4, -0.2) is 24.4 Å². The van der Waals surface area contributed by atoms with Crippen LogP contribution in [0.1, 0.15) is 28.8 Å². The van der Waals surface area contributed by atoms with E-state index in [1.54, 1.807) is 32.2 Å². The number of carboxylic acids is 1. The highest BCUT2D eigenvalue weighted by atomic mass is 16.4. The second kappa shape index (κ2) is 4.59. The topological polar surface area (TPSA) is 66.4 Å². The van der Waals surface area contributed by atoms with Gasteiger partial charge in [-0.25, -0.2) is 0 Å². The van der Waals surface area contributed by atoms with Gasteiger partial charge >= 0.3 is 5.97 Å². The average Bonchev–Trinajstić information content (AvgIpc) is 2.26. The van der Waals surface area contributed by atoms with Crippen LogP contribution in [0.4, 0.5) is 5.69 Å². The summed E-state index contributed by atoms with van der Waals surface area (Å²) in [5, 5.41) is 11.8. The molecule has 0 aliphatic rings. The number of carbonyl (C=O) groups is 2. The molecule has 0 radical (unpaired) electrons. The van der Waals surface area contributed by atoms with Crippen molar-refractivity contribution >= 4 is 17.9 Å². The largest absolute Gasteiger partial charge is 0.481 e. The number of rotatable bonds is 4. The Morgan fingerprint density at radius 1 is 1.53 bits per heavy atom. The van der Waals surface area contributed by atoms with Gasteiger partial charge in [0.1, 0.15) is 0 Å². The standard InChI is InChI=1S/C11H13NO3/c1-7(11(14)15)9-5-3-4-8(6-13)10(9)12-2/h3-7,12H,1-2H3,(H,14,15). The first-order valence-corrected chi connectivity index (χ1v) is 4.60. The normalized spacial score (nSPS) is 11.9. The molecule has 1 rings (SSSR count). The number of aliphatic carboxylic acids is 1. The van der Waals surface area contributed by atoms with Crippen LogP contribution in [0.25, 0.3) is 0 Å². The van der Waals surface area contributed by atoms with E-state index in [-0.39, 0.29) is 0 Å². The van der Waals surface area contributed by atoms with Crippen molar-refractivity contribution in [2.45, 2.75) is 12.8 Å². The monoisotopic (exact) mass is 207 g/mol. The van der Waals surface area contributed by atoms with E-state index in [1.807, 2.05) is 0 Å². The number of aldehydes is 1. The third-order valence-corrected chi connectivity index (χ3v) is 2.34. The molecule has 0 bridgehead atoms. The fourth-order valence-electron chi connectivity index (χ4n) is 1.47. The van der Waals surface area contributed by atoms with Gasteiger partial charge in [-0.1, -0.05) is 12.1 Å². The number of hydrogen-bond donors (Lipinski definition) is 2. The Kier molecular flexibility index (Phi) is 3.44. The van der Waals surface area contributed by atoms with Gasteiger partial charge in [-0.15, -0.1) is 0 Å². The summed E-state index contributed by atoms with van der Waals surface area (Å²) < 4.78 is 0. The Bertz CT molecular complexity index is 387. The van der Waals surface area contributed by atoms with Gasteiger partial charge in [0.15, 0.2) is 6.29 Å². The quantitative estimate of drug-likeness (QED) is 0.738. The maximum absolute atomic E-state index is 10.9. The van der Waals surface area contributed by atoms with Gasteiger partial charge < -0.3 is 10.4 Å². The van der Waals surface area contributed by atoms with E-state index >= 15 is 0 Å². The summed E-state index contributed by atoms with van der Waals surface area (Å²) >= 11 is 0. The average molecular weight is 207 g/mol. The van der Waals surface area contributed by atoms with Crippen LogP contribution in [0.2, 0.25) is 0 Å². The second-order valence-electron chi connectivity index (χ2n) is 3.24. The molecule has 0 aliphatic carbocycles.